The standard InChI is InChI=1S/C42H44O20/c43-13-25-33(51)37(55)39(57)41(61-25)59-23-11-19(47)9-21(49)29(23)35(53)31-27(15-1-5-17(45)6-2-15)32(28(31)16-3-7-18(46)8-4-16)36(54)30-22(50)10-20(48)12-24(30)60-42-40(58)38(56)34(52)26(14-44)62-42/h1-12,25-28,31-34,37-52,55-58H,13-14H2. The largest absolute Gasteiger partial charge is 0.508 e. The van der Waals surface area contributed by atoms with Gasteiger partial charge in [-0.05, 0) is 35.4 Å². The van der Waals surface area contributed by atoms with Crippen molar-refractivity contribution in [1.29, 1.82) is 0 Å². The van der Waals surface area contributed by atoms with Gasteiger partial charge in [-0.3, -0.25) is 9.59 Å². The minimum Gasteiger partial charge on any atom is -0.508 e. The SMILES string of the molecule is O=C(c1c(O)cc(O)cc1OC1OC(CO)C(O)C(O)C1O)C1C(c2ccc(O)cc2)C(C(=O)c2c(O)cc(O)cc2OC2OC(CO)C(O)C(O)C2O)C1c1ccc(O)cc1. The second-order valence-corrected chi connectivity index (χ2v) is 15.3. The molecule has 14 N–H and O–H groups in total. The van der Waals surface area contributed by atoms with E-state index in [-0.39, 0.29) is 22.6 Å². The smallest absolute Gasteiger partial charge is 0.229 e. The van der Waals surface area contributed by atoms with E-state index in [2.05, 4.69) is 0 Å². The number of ketones is 2. The second-order valence-electron chi connectivity index (χ2n) is 15.3. The van der Waals surface area contributed by atoms with Gasteiger partial charge in [-0.15, -0.1) is 0 Å². The maximum absolute atomic E-state index is 15.2. The fraction of sp³-hybridized carbons (Fsp3) is 0.381. The van der Waals surface area contributed by atoms with Crippen molar-refractivity contribution >= 4 is 11.6 Å². The highest BCUT2D eigenvalue weighted by molar-refractivity contribution is 6.09. The molecule has 0 spiro atoms. The van der Waals surface area contributed by atoms with Gasteiger partial charge < -0.3 is 90.4 Å². The Kier molecular flexibility index (Phi) is 12.5. The topological polar surface area (TPSA) is 354 Å². The lowest BCUT2D eigenvalue weighted by Gasteiger charge is -2.51. The van der Waals surface area contributed by atoms with Crippen LogP contribution in [0.4, 0.5) is 0 Å². The minimum absolute atomic E-state index is 0.202. The zero-order valence-electron chi connectivity index (χ0n) is 32.1. The summed E-state index contributed by atoms with van der Waals surface area (Å²) in [6.45, 7) is -1.68. The van der Waals surface area contributed by atoms with Crippen molar-refractivity contribution in [2.45, 2.75) is 73.2 Å². The van der Waals surface area contributed by atoms with Gasteiger partial charge in [0.1, 0.15) is 106 Å². The fourth-order valence-electron chi connectivity index (χ4n) is 8.39. The molecule has 0 amide bonds. The van der Waals surface area contributed by atoms with Gasteiger partial charge >= 0.3 is 0 Å². The molecular weight excluding hydrogens is 824 g/mol. The van der Waals surface area contributed by atoms with Crippen molar-refractivity contribution in [3.63, 3.8) is 0 Å². The van der Waals surface area contributed by atoms with Gasteiger partial charge in [-0.25, -0.2) is 0 Å². The van der Waals surface area contributed by atoms with Crippen LogP contribution in [0.25, 0.3) is 0 Å². The van der Waals surface area contributed by atoms with E-state index in [9.17, 15) is 71.5 Å². The van der Waals surface area contributed by atoms with E-state index in [1.54, 1.807) is 0 Å². The van der Waals surface area contributed by atoms with E-state index >= 15 is 9.59 Å². The molecule has 0 bridgehead atoms. The van der Waals surface area contributed by atoms with Crippen LogP contribution < -0.4 is 9.47 Å². The summed E-state index contributed by atoms with van der Waals surface area (Å²) in [5, 5.41) is 146. The van der Waals surface area contributed by atoms with Crippen LogP contribution in [0.1, 0.15) is 43.7 Å². The van der Waals surface area contributed by atoms with Crippen LogP contribution >= 0.6 is 0 Å². The summed E-state index contributed by atoms with van der Waals surface area (Å²) in [6, 6.07) is 14.1. The predicted molar refractivity (Wildman–Crippen MR) is 206 cm³/mol. The maximum Gasteiger partial charge on any atom is 0.229 e. The lowest BCUT2D eigenvalue weighted by Crippen LogP contribution is -2.60. The van der Waals surface area contributed by atoms with E-state index in [4.69, 9.17) is 18.9 Å². The average molecular weight is 869 g/mol. The highest BCUT2D eigenvalue weighted by Crippen LogP contribution is 2.61. The summed E-state index contributed by atoms with van der Waals surface area (Å²) in [5.74, 6) is -11.8. The molecule has 1 saturated carbocycles. The molecule has 10 atom stereocenters. The number of aliphatic hydroxyl groups excluding tert-OH is 8. The van der Waals surface area contributed by atoms with E-state index in [0.29, 0.717) is 0 Å². The molecule has 332 valence electrons. The first kappa shape index (κ1) is 44.3. The van der Waals surface area contributed by atoms with Gasteiger partial charge in [-0.1, -0.05) is 24.3 Å². The molecule has 10 unspecified atom stereocenters. The van der Waals surface area contributed by atoms with Gasteiger partial charge in [-0.2, -0.15) is 0 Å². The Morgan fingerprint density at radius 1 is 0.468 bits per heavy atom. The highest BCUT2D eigenvalue weighted by atomic mass is 16.7. The van der Waals surface area contributed by atoms with Crippen molar-refractivity contribution in [3.05, 3.63) is 95.1 Å². The van der Waals surface area contributed by atoms with E-state index in [1.807, 2.05) is 0 Å². The number of benzene rings is 4. The summed E-state index contributed by atoms with van der Waals surface area (Å²) in [6.07, 6.45) is -18.1. The van der Waals surface area contributed by atoms with E-state index < -0.39 is 155 Å². The number of phenolic OH excluding ortho intramolecular Hbond substituents is 6. The molecule has 62 heavy (non-hydrogen) atoms. The monoisotopic (exact) mass is 868 g/mol. The van der Waals surface area contributed by atoms with Crippen LogP contribution in [-0.4, -0.2) is 158 Å². The number of phenols is 6. The number of Topliss-reactive ketones (excluding diaryl/α,β-unsaturated/α-hetero) is 2. The Morgan fingerprint density at radius 3 is 1.13 bits per heavy atom. The van der Waals surface area contributed by atoms with Crippen LogP contribution in [0.5, 0.6) is 46.0 Å². The van der Waals surface area contributed by atoms with Gasteiger partial charge in [0, 0.05) is 47.9 Å². The van der Waals surface area contributed by atoms with Crippen molar-refractivity contribution in [2.75, 3.05) is 13.2 Å². The Morgan fingerprint density at radius 2 is 0.806 bits per heavy atom. The van der Waals surface area contributed by atoms with E-state index in [1.165, 1.54) is 48.5 Å². The molecule has 0 radical (unpaired) electrons. The molecule has 1 aliphatic carbocycles. The number of rotatable bonds is 12. The Hall–Kier alpha value is -5.78. The predicted octanol–water partition coefficient (Wildman–Crippen LogP) is -0.843. The summed E-state index contributed by atoms with van der Waals surface area (Å²) in [4.78, 5) is 30.3. The van der Waals surface area contributed by atoms with Crippen LogP contribution in [0.15, 0.2) is 72.8 Å². The molecule has 3 fully saturated rings. The van der Waals surface area contributed by atoms with Crippen LogP contribution in [0, 0.1) is 11.8 Å². The van der Waals surface area contributed by atoms with Crippen molar-refractivity contribution in [2.24, 2.45) is 11.8 Å². The number of hydrogen-bond donors (Lipinski definition) is 14. The maximum atomic E-state index is 15.2. The molecule has 4 aromatic rings. The number of aliphatic hydroxyl groups is 8. The third kappa shape index (κ3) is 8.04. The molecule has 2 aliphatic heterocycles. The summed E-state index contributed by atoms with van der Waals surface area (Å²) in [5.41, 5.74) is -0.748. The molecule has 0 aromatic heterocycles. The van der Waals surface area contributed by atoms with Crippen molar-refractivity contribution in [1.82, 2.24) is 0 Å². The first-order chi connectivity index (χ1) is 29.4. The molecule has 20 heteroatoms. The van der Waals surface area contributed by atoms with Gasteiger partial charge in [0.05, 0.1) is 13.2 Å². The number of aromatic hydroxyl groups is 6. The minimum atomic E-state index is -1.99. The van der Waals surface area contributed by atoms with Gasteiger partial charge in [0.25, 0.3) is 0 Å². The zero-order chi connectivity index (χ0) is 44.9. The number of ether oxygens (including phenoxy) is 4. The Balaban J connectivity index is 1.35. The van der Waals surface area contributed by atoms with Crippen molar-refractivity contribution < 1.29 is 100 Å². The number of carbonyl (C=O) groups excluding carboxylic acids is 2. The lowest BCUT2D eigenvalue weighted by atomic mass is 9.49. The number of hydrogen-bond acceptors (Lipinski definition) is 20. The third-order valence-electron chi connectivity index (χ3n) is 11.5. The molecule has 2 saturated heterocycles. The molecule has 20 nitrogen and oxygen atoms in total. The average Bonchev–Trinajstić information content (AvgIpc) is 3.21. The molecule has 3 aliphatic rings. The molecule has 4 aromatic carbocycles. The van der Waals surface area contributed by atoms with Crippen LogP contribution in [0.3, 0.4) is 0 Å². The van der Waals surface area contributed by atoms with E-state index in [0.717, 1.165) is 24.3 Å². The lowest BCUT2D eigenvalue weighted by molar-refractivity contribution is -0.277. The Labute approximate surface area is 350 Å². The molecule has 2 heterocycles. The summed E-state index contributed by atoms with van der Waals surface area (Å²) in [7, 11) is 0. The fourth-order valence-corrected chi connectivity index (χ4v) is 8.39. The first-order valence-electron chi connectivity index (χ1n) is 19.2. The highest BCUT2D eigenvalue weighted by Gasteiger charge is 2.59. The molecular formula is C42H44O20. The third-order valence-corrected chi connectivity index (χ3v) is 11.5. The summed E-state index contributed by atoms with van der Waals surface area (Å²) < 4.78 is 22.5. The van der Waals surface area contributed by atoms with Gasteiger partial charge in [0.2, 0.25) is 12.6 Å². The second kappa shape index (κ2) is 17.5. The van der Waals surface area contributed by atoms with Crippen molar-refractivity contribution in [3.8, 4) is 46.0 Å². The van der Waals surface area contributed by atoms with Crippen LogP contribution in [-0.2, 0) is 9.47 Å². The molecule has 7 rings (SSSR count). The first-order valence-corrected chi connectivity index (χ1v) is 19.2. The van der Waals surface area contributed by atoms with Crippen LogP contribution in [0.2, 0.25) is 0 Å². The summed E-state index contributed by atoms with van der Waals surface area (Å²) >= 11 is 0. The zero-order valence-corrected chi connectivity index (χ0v) is 32.1. The quantitative estimate of drug-likeness (QED) is 0.0772. The Bertz CT molecular complexity index is 2100. The normalized spacial score (nSPS) is 32.1. The number of carbonyl (C=O) groups is 2. The van der Waals surface area contributed by atoms with Gasteiger partial charge in [0.15, 0.2) is 11.6 Å².